The van der Waals surface area contributed by atoms with Crippen molar-refractivity contribution < 1.29 is 19.1 Å². The van der Waals surface area contributed by atoms with E-state index in [-0.39, 0.29) is 11.9 Å². The van der Waals surface area contributed by atoms with Crippen LogP contribution in [0.4, 0.5) is 0 Å². The molecule has 0 saturated heterocycles. The smallest absolute Gasteiger partial charge is 0.305 e. The number of ether oxygens (including phenoxy) is 2. The topological polar surface area (TPSA) is 90.6 Å². The normalized spacial score (nSPS) is 12.0. The minimum atomic E-state index is -0.0397. The molecule has 0 aromatic heterocycles. The van der Waals surface area contributed by atoms with Crippen LogP contribution in [0, 0.1) is 0 Å². The van der Waals surface area contributed by atoms with Gasteiger partial charge in [0.15, 0.2) is 0 Å². The lowest BCUT2D eigenvalue weighted by Crippen LogP contribution is -2.30. The number of esters is 2. The Morgan fingerprint density at radius 2 is 1.03 bits per heavy atom. The zero-order valence-electron chi connectivity index (χ0n) is 25.4. The molecule has 0 rings (SSSR count). The number of nitrogens with one attached hydrogen (secondary N) is 1. The molecule has 0 aliphatic carbocycles. The quantitative estimate of drug-likeness (QED) is 0.0708. The van der Waals surface area contributed by atoms with Crippen LogP contribution in [0.3, 0.4) is 0 Å². The van der Waals surface area contributed by atoms with E-state index in [1.54, 1.807) is 0 Å². The first-order valence-corrected chi connectivity index (χ1v) is 16.4. The van der Waals surface area contributed by atoms with E-state index < -0.39 is 0 Å². The van der Waals surface area contributed by atoms with E-state index in [1.165, 1.54) is 57.8 Å². The van der Waals surface area contributed by atoms with E-state index in [4.69, 9.17) is 15.2 Å². The van der Waals surface area contributed by atoms with Crippen LogP contribution in [0.5, 0.6) is 0 Å². The van der Waals surface area contributed by atoms with Gasteiger partial charge in [-0.3, -0.25) is 9.59 Å². The molecule has 0 saturated carbocycles. The van der Waals surface area contributed by atoms with Crippen LogP contribution in [-0.4, -0.2) is 44.3 Å². The third-order valence-electron chi connectivity index (χ3n) is 7.20. The summed E-state index contributed by atoms with van der Waals surface area (Å²) in [5.74, 6) is -0.0742. The maximum atomic E-state index is 11.9. The first-order chi connectivity index (χ1) is 18.6. The Morgan fingerprint density at radius 1 is 0.579 bits per heavy atom. The Kier molecular flexibility index (Phi) is 29.5. The van der Waals surface area contributed by atoms with Crippen molar-refractivity contribution in [2.45, 2.75) is 168 Å². The molecule has 6 heteroatoms. The lowest BCUT2D eigenvalue weighted by atomic mass is 10.0. The number of carbonyl (C=O) groups is 2. The van der Waals surface area contributed by atoms with E-state index in [2.05, 4.69) is 19.2 Å². The van der Waals surface area contributed by atoms with Crippen LogP contribution >= 0.6 is 0 Å². The minimum absolute atomic E-state index is 0.0344. The highest BCUT2D eigenvalue weighted by Crippen LogP contribution is 2.13. The summed E-state index contributed by atoms with van der Waals surface area (Å²) in [6.07, 6.45) is 24.9. The summed E-state index contributed by atoms with van der Waals surface area (Å²) < 4.78 is 10.7. The number of nitrogens with two attached hydrogens (primary N) is 1. The second-order valence-electron chi connectivity index (χ2n) is 11.0. The summed E-state index contributed by atoms with van der Waals surface area (Å²) in [6.45, 7) is 7.35. The highest BCUT2D eigenvalue weighted by atomic mass is 16.5. The maximum Gasteiger partial charge on any atom is 0.305 e. The van der Waals surface area contributed by atoms with Crippen LogP contribution in [-0.2, 0) is 19.1 Å². The third kappa shape index (κ3) is 27.9. The Morgan fingerprint density at radius 3 is 1.53 bits per heavy atom. The van der Waals surface area contributed by atoms with Crippen molar-refractivity contribution in [2.24, 2.45) is 5.73 Å². The Hall–Kier alpha value is -1.14. The molecule has 1 unspecified atom stereocenters. The van der Waals surface area contributed by atoms with Gasteiger partial charge in [0.1, 0.15) is 0 Å². The van der Waals surface area contributed by atoms with Gasteiger partial charge in [0.05, 0.1) is 13.2 Å². The molecule has 1 atom stereocenters. The fourth-order valence-electron chi connectivity index (χ4n) is 4.70. The summed E-state index contributed by atoms with van der Waals surface area (Å²) in [6, 6.07) is 0.528. The monoisotopic (exact) mass is 540 g/mol. The lowest BCUT2D eigenvalue weighted by molar-refractivity contribution is -0.144. The molecule has 0 spiro atoms. The number of hydrogen-bond donors (Lipinski definition) is 2. The average Bonchev–Trinajstić information content (AvgIpc) is 2.91. The second kappa shape index (κ2) is 30.4. The molecule has 0 amide bonds. The molecular weight excluding hydrogens is 476 g/mol. The van der Waals surface area contributed by atoms with Crippen molar-refractivity contribution in [2.75, 3.05) is 26.3 Å². The van der Waals surface area contributed by atoms with Crippen LogP contribution in [0.25, 0.3) is 0 Å². The minimum Gasteiger partial charge on any atom is -0.466 e. The summed E-state index contributed by atoms with van der Waals surface area (Å²) in [5, 5.41) is 3.75. The SMILES string of the molecule is CCCCCCCOC(=O)CCCCCNC(CCCCCN)CCCCCC(=O)OCCCCCCC. The predicted molar refractivity (Wildman–Crippen MR) is 160 cm³/mol. The van der Waals surface area contributed by atoms with Gasteiger partial charge in [-0.05, 0) is 64.5 Å². The molecule has 0 aliphatic rings. The van der Waals surface area contributed by atoms with Crippen molar-refractivity contribution in [1.82, 2.24) is 5.32 Å². The standard InChI is InChI=1S/C32H64N2O4/c1-3-5-7-9-20-28-37-31(35)24-16-11-14-22-30(23-15-12-18-26-33)34-27-19-13-17-25-32(36)38-29-21-10-8-6-4-2/h30,34H,3-29,33H2,1-2H3. The molecule has 0 aromatic rings. The van der Waals surface area contributed by atoms with Crippen molar-refractivity contribution in [3.8, 4) is 0 Å². The Labute approximate surface area is 235 Å². The maximum absolute atomic E-state index is 11.9. The molecule has 6 nitrogen and oxygen atoms in total. The van der Waals surface area contributed by atoms with E-state index in [0.29, 0.717) is 32.1 Å². The zero-order valence-corrected chi connectivity index (χ0v) is 25.4. The van der Waals surface area contributed by atoms with Crippen LogP contribution in [0.1, 0.15) is 162 Å². The van der Waals surface area contributed by atoms with Gasteiger partial charge in [0.2, 0.25) is 0 Å². The molecule has 226 valence electrons. The van der Waals surface area contributed by atoms with E-state index in [9.17, 15) is 9.59 Å². The molecule has 38 heavy (non-hydrogen) atoms. The molecule has 0 bridgehead atoms. The molecule has 0 aromatic carbocycles. The summed E-state index contributed by atoms with van der Waals surface area (Å²) >= 11 is 0. The van der Waals surface area contributed by atoms with E-state index in [0.717, 1.165) is 90.1 Å². The largest absolute Gasteiger partial charge is 0.466 e. The van der Waals surface area contributed by atoms with Gasteiger partial charge in [-0.2, -0.15) is 0 Å². The molecule has 3 N–H and O–H groups in total. The van der Waals surface area contributed by atoms with Gasteiger partial charge in [0.25, 0.3) is 0 Å². The van der Waals surface area contributed by atoms with Gasteiger partial charge >= 0.3 is 11.9 Å². The van der Waals surface area contributed by atoms with E-state index >= 15 is 0 Å². The number of hydrogen-bond acceptors (Lipinski definition) is 6. The summed E-state index contributed by atoms with van der Waals surface area (Å²) in [7, 11) is 0. The molecule has 0 aliphatic heterocycles. The van der Waals surface area contributed by atoms with Gasteiger partial charge in [0, 0.05) is 18.9 Å². The van der Waals surface area contributed by atoms with Crippen molar-refractivity contribution in [1.29, 1.82) is 0 Å². The van der Waals surface area contributed by atoms with Crippen LogP contribution in [0.15, 0.2) is 0 Å². The Bertz CT molecular complexity index is 516. The summed E-state index contributed by atoms with van der Waals surface area (Å²) in [5.41, 5.74) is 5.65. The first kappa shape index (κ1) is 36.9. The third-order valence-corrected chi connectivity index (χ3v) is 7.20. The number of carbonyl (C=O) groups excluding carboxylic acids is 2. The molecule has 0 fully saturated rings. The molecule has 0 radical (unpaired) electrons. The zero-order chi connectivity index (χ0) is 27.9. The first-order valence-electron chi connectivity index (χ1n) is 16.4. The van der Waals surface area contributed by atoms with Gasteiger partial charge < -0.3 is 20.5 Å². The highest BCUT2D eigenvalue weighted by Gasteiger charge is 2.09. The number of rotatable bonds is 30. The fourth-order valence-corrected chi connectivity index (χ4v) is 4.70. The predicted octanol–water partition coefficient (Wildman–Crippen LogP) is 8.00. The molecule has 0 heterocycles. The number of unbranched alkanes of at least 4 members (excludes halogenated alkanes) is 14. The summed E-state index contributed by atoms with van der Waals surface area (Å²) in [4.78, 5) is 23.8. The van der Waals surface area contributed by atoms with Gasteiger partial charge in [-0.25, -0.2) is 0 Å². The van der Waals surface area contributed by atoms with Crippen molar-refractivity contribution in [3.05, 3.63) is 0 Å². The molecular formula is C32H64N2O4. The fraction of sp³-hybridized carbons (Fsp3) is 0.938. The van der Waals surface area contributed by atoms with Crippen LogP contribution < -0.4 is 11.1 Å². The average molecular weight is 541 g/mol. The van der Waals surface area contributed by atoms with Crippen molar-refractivity contribution in [3.63, 3.8) is 0 Å². The lowest BCUT2D eigenvalue weighted by Gasteiger charge is -2.19. The highest BCUT2D eigenvalue weighted by molar-refractivity contribution is 5.69. The Balaban J connectivity index is 3.87. The van der Waals surface area contributed by atoms with Gasteiger partial charge in [-0.15, -0.1) is 0 Å². The second-order valence-corrected chi connectivity index (χ2v) is 11.0. The van der Waals surface area contributed by atoms with Crippen molar-refractivity contribution >= 4 is 11.9 Å². The van der Waals surface area contributed by atoms with Crippen LogP contribution in [0.2, 0.25) is 0 Å². The van der Waals surface area contributed by atoms with Gasteiger partial charge in [-0.1, -0.05) is 97.3 Å². The van der Waals surface area contributed by atoms with E-state index in [1.807, 2.05) is 0 Å².